The monoisotopic (exact) mass is 248 g/mol. The Morgan fingerprint density at radius 2 is 1.28 bits per heavy atom. The Kier molecular flexibility index (Phi) is 5.02. The summed E-state index contributed by atoms with van der Waals surface area (Å²) in [5, 5.41) is 0. The zero-order valence-corrected chi connectivity index (χ0v) is 11.2. The van der Waals surface area contributed by atoms with Crippen molar-refractivity contribution in [1.82, 2.24) is 0 Å². The van der Waals surface area contributed by atoms with E-state index in [-0.39, 0.29) is 0 Å². The number of benzene rings is 2. The van der Waals surface area contributed by atoms with Gasteiger partial charge in [0.25, 0.3) is 0 Å². The smallest absolute Gasteiger partial charge is 0.166 e. The van der Waals surface area contributed by atoms with Gasteiger partial charge in [0.05, 0.1) is 0 Å². The molecule has 0 nitrogen and oxygen atoms in total. The molecule has 0 aromatic heterocycles. The maximum atomic E-state index is 13.7. The molecule has 0 saturated carbocycles. The van der Waals surface area contributed by atoms with Gasteiger partial charge in [-0.1, -0.05) is 55.8 Å². The lowest BCUT2D eigenvalue weighted by Crippen LogP contribution is -1.92. The lowest BCUT2D eigenvalue weighted by atomic mass is 10.0. The van der Waals surface area contributed by atoms with Crippen molar-refractivity contribution < 1.29 is 8.78 Å². The van der Waals surface area contributed by atoms with E-state index in [1.54, 1.807) is 31.2 Å². The van der Waals surface area contributed by atoms with Gasteiger partial charge in [-0.05, 0) is 25.0 Å². The third kappa shape index (κ3) is 2.95. The van der Waals surface area contributed by atoms with Crippen LogP contribution in [0.1, 0.15) is 25.0 Å². The molecule has 0 fully saturated rings. The SMILES string of the molecule is CC.Cc1ccc(-c2ccc(C)c(F)c2F)cc1. The van der Waals surface area contributed by atoms with E-state index >= 15 is 0 Å². The second-order valence-electron chi connectivity index (χ2n) is 3.92. The van der Waals surface area contributed by atoms with Crippen LogP contribution in [0.2, 0.25) is 0 Å². The number of aryl methyl sites for hydroxylation is 2. The van der Waals surface area contributed by atoms with Crippen molar-refractivity contribution >= 4 is 0 Å². The number of halogens is 2. The van der Waals surface area contributed by atoms with Gasteiger partial charge in [0, 0.05) is 5.56 Å². The standard InChI is InChI=1S/C14H12F2.C2H6/c1-9-3-6-11(7-4-9)12-8-5-10(2)13(15)14(12)16;1-2/h3-8H,1-2H3;1-2H3. The fraction of sp³-hybridized carbons (Fsp3) is 0.250. The van der Waals surface area contributed by atoms with E-state index in [4.69, 9.17) is 0 Å². The summed E-state index contributed by atoms with van der Waals surface area (Å²) in [6.07, 6.45) is 0. The summed E-state index contributed by atoms with van der Waals surface area (Å²) in [6.45, 7) is 7.51. The van der Waals surface area contributed by atoms with Gasteiger partial charge in [-0.2, -0.15) is 0 Å². The van der Waals surface area contributed by atoms with E-state index in [1.165, 1.54) is 0 Å². The van der Waals surface area contributed by atoms with Gasteiger partial charge in [0.2, 0.25) is 0 Å². The molecule has 0 aliphatic carbocycles. The van der Waals surface area contributed by atoms with Crippen LogP contribution >= 0.6 is 0 Å². The summed E-state index contributed by atoms with van der Waals surface area (Å²) in [4.78, 5) is 0. The van der Waals surface area contributed by atoms with Crippen molar-refractivity contribution in [3.8, 4) is 11.1 Å². The summed E-state index contributed by atoms with van der Waals surface area (Å²) in [5.41, 5.74) is 2.43. The molecular weight excluding hydrogens is 230 g/mol. The Balaban J connectivity index is 0.000000771. The van der Waals surface area contributed by atoms with E-state index in [0.717, 1.165) is 5.56 Å². The third-order valence-corrected chi connectivity index (χ3v) is 2.64. The Hall–Kier alpha value is -1.70. The minimum absolute atomic E-state index is 0.308. The first kappa shape index (κ1) is 14.4. The molecular formula is C16H18F2. The minimum atomic E-state index is -0.774. The highest BCUT2D eigenvalue weighted by Crippen LogP contribution is 2.26. The summed E-state index contributed by atoms with van der Waals surface area (Å²) in [5.74, 6) is -1.54. The molecule has 0 spiro atoms. The van der Waals surface area contributed by atoms with Crippen LogP contribution in [0.4, 0.5) is 8.78 Å². The number of hydrogen-bond donors (Lipinski definition) is 0. The average molecular weight is 248 g/mol. The van der Waals surface area contributed by atoms with Crippen molar-refractivity contribution in [2.75, 3.05) is 0 Å². The summed E-state index contributed by atoms with van der Waals surface area (Å²) >= 11 is 0. The van der Waals surface area contributed by atoms with E-state index < -0.39 is 11.6 Å². The first-order valence-electron chi connectivity index (χ1n) is 6.11. The highest BCUT2D eigenvalue weighted by molar-refractivity contribution is 5.64. The van der Waals surface area contributed by atoms with Crippen LogP contribution in [-0.4, -0.2) is 0 Å². The van der Waals surface area contributed by atoms with Crippen LogP contribution in [0, 0.1) is 25.5 Å². The zero-order chi connectivity index (χ0) is 13.7. The molecule has 0 radical (unpaired) electrons. The van der Waals surface area contributed by atoms with E-state index in [9.17, 15) is 8.78 Å². The van der Waals surface area contributed by atoms with E-state index in [2.05, 4.69) is 0 Å². The van der Waals surface area contributed by atoms with E-state index in [1.807, 2.05) is 32.9 Å². The van der Waals surface area contributed by atoms with Crippen molar-refractivity contribution in [2.24, 2.45) is 0 Å². The normalized spacial score (nSPS) is 9.67. The fourth-order valence-corrected chi connectivity index (χ4v) is 1.60. The second kappa shape index (κ2) is 6.29. The predicted octanol–water partition coefficient (Wildman–Crippen LogP) is 5.27. The number of hydrogen-bond acceptors (Lipinski definition) is 0. The molecule has 0 aliphatic rings. The van der Waals surface area contributed by atoms with E-state index in [0.29, 0.717) is 16.7 Å². The number of rotatable bonds is 1. The summed E-state index contributed by atoms with van der Waals surface area (Å²) < 4.78 is 27.1. The third-order valence-electron chi connectivity index (χ3n) is 2.64. The van der Waals surface area contributed by atoms with Crippen LogP contribution in [0.5, 0.6) is 0 Å². The Morgan fingerprint density at radius 1 is 0.722 bits per heavy atom. The topological polar surface area (TPSA) is 0 Å². The van der Waals surface area contributed by atoms with Crippen LogP contribution < -0.4 is 0 Å². The lowest BCUT2D eigenvalue weighted by molar-refractivity contribution is 0.505. The van der Waals surface area contributed by atoms with Crippen molar-refractivity contribution in [1.29, 1.82) is 0 Å². The molecule has 0 atom stereocenters. The maximum Gasteiger partial charge on any atom is 0.166 e. The van der Waals surface area contributed by atoms with Gasteiger partial charge in [-0.25, -0.2) is 8.78 Å². The molecule has 0 heterocycles. The fourth-order valence-electron chi connectivity index (χ4n) is 1.60. The zero-order valence-electron chi connectivity index (χ0n) is 11.2. The molecule has 96 valence electrons. The largest absolute Gasteiger partial charge is 0.203 e. The van der Waals surface area contributed by atoms with Crippen molar-refractivity contribution in [2.45, 2.75) is 27.7 Å². The molecule has 0 unspecified atom stereocenters. The molecule has 2 aromatic carbocycles. The molecule has 2 aromatic rings. The average Bonchev–Trinajstić information content (AvgIpc) is 2.40. The quantitative estimate of drug-likeness (QED) is 0.644. The highest BCUT2D eigenvalue weighted by Gasteiger charge is 2.11. The molecule has 18 heavy (non-hydrogen) atoms. The second-order valence-corrected chi connectivity index (χ2v) is 3.92. The summed E-state index contributed by atoms with van der Waals surface area (Å²) in [6, 6.07) is 10.6. The van der Waals surface area contributed by atoms with Crippen molar-refractivity contribution in [3.63, 3.8) is 0 Å². The van der Waals surface area contributed by atoms with Gasteiger partial charge in [0.1, 0.15) is 0 Å². The molecule has 0 saturated heterocycles. The van der Waals surface area contributed by atoms with Crippen LogP contribution in [0.3, 0.4) is 0 Å². The first-order valence-corrected chi connectivity index (χ1v) is 6.11. The molecule has 2 rings (SSSR count). The first-order chi connectivity index (χ1) is 8.59. The van der Waals surface area contributed by atoms with Gasteiger partial charge in [-0.15, -0.1) is 0 Å². The van der Waals surface area contributed by atoms with Crippen LogP contribution in [-0.2, 0) is 0 Å². The minimum Gasteiger partial charge on any atom is -0.203 e. The van der Waals surface area contributed by atoms with Crippen LogP contribution in [0.15, 0.2) is 36.4 Å². The van der Waals surface area contributed by atoms with Gasteiger partial charge in [0.15, 0.2) is 11.6 Å². The highest BCUT2D eigenvalue weighted by atomic mass is 19.2. The van der Waals surface area contributed by atoms with Gasteiger partial charge < -0.3 is 0 Å². The van der Waals surface area contributed by atoms with Crippen LogP contribution in [0.25, 0.3) is 11.1 Å². The van der Waals surface area contributed by atoms with Crippen molar-refractivity contribution in [3.05, 3.63) is 59.2 Å². The summed E-state index contributed by atoms with van der Waals surface area (Å²) in [7, 11) is 0. The van der Waals surface area contributed by atoms with Gasteiger partial charge >= 0.3 is 0 Å². The molecule has 0 amide bonds. The molecule has 0 aliphatic heterocycles. The van der Waals surface area contributed by atoms with Gasteiger partial charge in [-0.3, -0.25) is 0 Å². The Bertz CT molecular complexity index is 513. The lowest BCUT2D eigenvalue weighted by Gasteiger charge is -2.06. The Morgan fingerprint density at radius 3 is 1.83 bits per heavy atom. The maximum absolute atomic E-state index is 13.7. The predicted molar refractivity (Wildman–Crippen MR) is 72.6 cm³/mol. The molecule has 2 heteroatoms. The molecule has 0 N–H and O–H groups in total. The molecule has 0 bridgehead atoms. The Labute approximate surface area is 107 Å².